The van der Waals surface area contributed by atoms with Gasteiger partial charge in [-0.2, -0.15) is 0 Å². The molecule has 0 aliphatic rings. The van der Waals surface area contributed by atoms with E-state index in [2.05, 4.69) is 4.98 Å². The summed E-state index contributed by atoms with van der Waals surface area (Å²) in [6.45, 7) is 1.99. The Labute approximate surface area is 130 Å². The zero-order chi connectivity index (χ0) is 15.6. The van der Waals surface area contributed by atoms with Crippen LogP contribution in [0.2, 0.25) is 0 Å². The predicted octanol–water partition coefficient (Wildman–Crippen LogP) is 3.68. The number of pyridine rings is 1. The van der Waals surface area contributed by atoms with Crippen LogP contribution in [0.3, 0.4) is 0 Å². The van der Waals surface area contributed by atoms with Crippen molar-refractivity contribution >= 4 is 20.9 Å². The quantitative estimate of drug-likeness (QED) is 0.722. The van der Waals surface area contributed by atoms with Gasteiger partial charge in [-0.15, -0.1) is 0 Å². The van der Waals surface area contributed by atoms with Gasteiger partial charge in [0.15, 0.2) is 0 Å². The first-order valence-corrected chi connectivity index (χ1v) is 8.97. The molecule has 3 rings (SSSR count). The minimum absolute atomic E-state index is 0.173. The Morgan fingerprint density at radius 2 is 1.82 bits per heavy atom. The summed E-state index contributed by atoms with van der Waals surface area (Å²) in [5.41, 5.74) is 2.74. The number of unbranched alkanes of at least 4 members (excludes halogenated alkanes) is 1. The third kappa shape index (κ3) is 2.76. The van der Waals surface area contributed by atoms with E-state index in [1.54, 1.807) is 18.6 Å². The second-order valence-corrected chi connectivity index (χ2v) is 7.26. The summed E-state index contributed by atoms with van der Waals surface area (Å²) in [5.74, 6) is 0.173. The van der Waals surface area contributed by atoms with Crippen molar-refractivity contribution in [1.82, 2.24) is 8.96 Å². The Hall–Kier alpha value is -2.14. The maximum absolute atomic E-state index is 12.5. The van der Waals surface area contributed by atoms with Crippen molar-refractivity contribution in [3.63, 3.8) is 0 Å². The Morgan fingerprint density at radius 3 is 2.55 bits per heavy atom. The summed E-state index contributed by atoms with van der Waals surface area (Å²) < 4.78 is 26.3. The van der Waals surface area contributed by atoms with E-state index in [-0.39, 0.29) is 5.75 Å². The zero-order valence-corrected chi connectivity index (χ0v) is 13.3. The molecule has 2 aromatic heterocycles. The predicted molar refractivity (Wildman–Crippen MR) is 89.3 cm³/mol. The Balaban J connectivity index is 2.10. The number of hydrogen-bond donors (Lipinski definition) is 0. The van der Waals surface area contributed by atoms with Crippen molar-refractivity contribution in [3.05, 3.63) is 55.0 Å². The van der Waals surface area contributed by atoms with Crippen molar-refractivity contribution in [2.45, 2.75) is 19.8 Å². The highest BCUT2D eigenvalue weighted by Gasteiger charge is 2.15. The second-order valence-electron chi connectivity index (χ2n) is 5.29. The fraction of sp³-hybridized carbons (Fsp3) is 0.235. The van der Waals surface area contributed by atoms with E-state index in [0.717, 1.165) is 28.5 Å². The third-order valence-electron chi connectivity index (χ3n) is 3.73. The van der Waals surface area contributed by atoms with Crippen molar-refractivity contribution in [2.75, 3.05) is 5.75 Å². The average molecular weight is 314 g/mol. The molecule has 3 aromatic rings. The van der Waals surface area contributed by atoms with Gasteiger partial charge >= 0.3 is 0 Å². The largest absolute Gasteiger partial charge is 0.265 e. The van der Waals surface area contributed by atoms with Gasteiger partial charge in [0.2, 0.25) is 10.0 Å². The fourth-order valence-electron chi connectivity index (χ4n) is 2.50. The van der Waals surface area contributed by atoms with Gasteiger partial charge in [-0.1, -0.05) is 25.5 Å². The molecule has 0 fully saturated rings. The highest BCUT2D eigenvalue weighted by molar-refractivity contribution is 7.90. The van der Waals surface area contributed by atoms with E-state index in [9.17, 15) is 8.42 Å². The van der Waals surface area contributed by atoms with Crippen LogP contribution >= 0.6 is 0 Å². The molecule has 0 unspecified atom stereocenters. The first kappa shape index (κ1) is 14.8. The molecule has 0 radical (unpaired) electrons. The molecular weight excluding hydrogens is 296 g/mol. The van der Waals surface area contributed by atoms with E-state index in [4.69, 9.17) is 0 Å². The zero-order valence-electron chi connectivity index (χ0n) is 12.4. The van der Waals surface area contributed by atoms with Crippen molar-refractivity contribution in [1.29, 1.82) is 0 Å². The van der Waals surface area contributed by atoms with Crippen molar-refractivity contribution in [3.8, 4) is 11.1 Å². The second kappa shape index (κ2) is 5.93. The monoisotopic (exact) mass is 314 g/mol. The van der Waals surface area contributed by atoms with E-state index in [1.807, 2.05) is 43.3 Å². The topological polar surface area (TPSA) is 52.0 Å². The van der Waals surface area contributed by atoms with Gasteiger partial charge in [0.25, 0.3) is 0 Å². The number of nitrogens with zero attached hydrogens (tertiary/aromatic N) is 2. The lowest BCUT2D eigenvalue weighted by Gasteiger charge is -2.08. The van der Waals surface area contributed by atoms with Crippen molar-refractivity contribution in [2.24, 2.45) is 0 Å². The lowest BCUT2D eigenvalue weighted by Crippen LogP contribution is -2.15. The van der Waals surface area contributed by atoms with Gasteiger partial charge in [-0.3, -0.25) is 4.98 Å². The van der Waals surface area contributed by atoms with Crippen LogP contribution in [0, 0.1) is 0 Å². The highest BCUT2D eigenvalue weighted by atomic mass is 32.2. The van der Waals surface area contributed by atoms with Gasteiger partial charge in [0, 0.05) is 24.0 Å². The summed E-state index contributed by atoms with van der Waals surface area (Å²) in [6.07, 6.45) is 6.64. The lowest BCUT2D eigenvalue weighted by atomic mass is 10.1. The average Bonchev–Trinajstić information content (AvgIpc) is 2.98. The molecule has 1 aromatic carbocycles. The minimum atomic E-state index is -3.30. The summed E-state index contributed by atoms with van der Waals surface area (Å²) in [5, 5.41) is 0.929. The molecule has 0 atom stereocenters. The number of rotatable bonds is 5. The fourth-order valence-corrected chi connectivity index (χ4v) is 4.05. The standard InChI is InChI=1S/C17H18N2O2S/c1-2-3-12-22(20,21)19-11-8-15-4-5-16(13-17(15)19)14-6-9-18-10-7-14/h4-11,13H,2-3,12H2,1H3. The molecule has 5 heteroatoms. The van der Waals surface area contributed by atoms with Crippen LogP contribution in [0.15, 0.2) is 55.0 Å². The summed E-state index contributed by atoms with van der Waals surface area (Å²) in [7, 11) is -3.30. The SMILES string of the molecule is CCCCS(=O)(=O)n1ccc2ccc(-c3ccncc3)cc21. The highest BCUT2D eigenvalue weighted by Crippen LogP contribution is 2.26. The van der Waals surface area contributed by atoms with E-state index in [1.165, 1.54) is 3.97 Å². The van der Waals surface area contributed by atoms with E-state index in [0.29, 0.717) is 6.42 Å². The van der Waals surface area contributed by atoms with Gasteiger partial charge < -0.3 is 0 Å². The Kier molecular flexibility index (Phi) is 3.98. The molecule has 114 valence electrons. The first-order valence-electron chi connectivity index (χ1n) is 7.36. The van der Waals surface area contributed by atoms with Gasteiger partial charge in [-0.25, -0.2) is 12.4 Å². The smallest absolute Gasteiger partial charge is 0.238 e. The van der Waals surface area contributed by atoms with Gasteiger partial charge in [0.05, 0.1) is 11.3 Å². The molecule has 0 aliphatic heterocycles. The number of benzene rings is 1. The Morgan fingerprint density at radius 1 is 1.05 bits per heavy atom. The van der Waals surface area contributed by atoms with Crippen LogP contribution in [0.1, 0.15) is 19.8 Å². The molecule has 2 heterocycles. The molecule has 22 heavy (non-hydrogen) atoms. The lowest BCUT2D eigenvalue weighted by molar-refractivity contribution is 0.585. The number of fused-ring (bicyclic) bond motifs is 1. The molecular formula is C17H18N2O2S. The van der Waals surface area contributed by atoms with Crippen LogP contribution in [0.4, 0.5) is 0 Å². The molecule has 0 saturated heterocycles. The molecule has 0 bridgehead atoms. The van der Waals surface area contributed by atoms with Crippen LogP contribution in [-0.2, 0) is 10.0 Å². The molecule has 0 spiro atoms. The molecule has 0 aliphatic carbocycles. The van der Waals surface area contributed by atoms with Crippen LogP contribution in [0.5, 0.6) is 0 Å². The summed E-state index contributed by atoms with van der Waals surface area (Å²) in [6, 6.07) is 11.6. The summed E-state index contributed by atoms with van der Waals surface area (Å²) >= 11 is 0. The van der Waals surface area contributed by atoms with Crippen LogP contribution in [-0.4, -0.2) is 23.1 Å². The molecule has 0 N–H and O–H groups in total. The maximum atomic E-state index is 12.5. The number of hydrogen-bond acceptors (Lipinski definition) is 3. The minimum Gasteiger partial charge on any atom is -0.265 e. The van der Waals surface area contributed by atoms with Gasteiger partial charge in [-0.05, 0) is 41.8 Å². The molecule has 4 nitrogen and oxygen atoms in total. The third-order valence-corrected chi connectivity index (χ3v) is 5.45. The normalized spacial score (nSPS) is 11.9. The van der Waals surface area contributed by atoms with E-state index < -0.39 is 10.0 Å². The van der Waals surface area contributed by atoms with Crippen LogP contribution < -0.4 is 0 Å². The maximum Gasteiger partial charge on any atom is 0.238 e. The van der Waals surface area contributed by atoms with Crippen LogP contribution in [0.25, 0.3) is 22.0 Å². The summed E-state index contributed by atoms with van der Waals surface area (Å²) in [4.78, 5) is 4.01. The first-order chi connectivity index (χ1) is 10.6. The van der Waals surface area contributed by atoms with Gasteiger partial charge in [0.1, 0.15) is 0 Å². The molecule has 0 amide bonds. The van der Waals surface area contributed by atoms with E-state index >= 15 is 0 Å². The van der Waals surface area contributed by atoms with Crippen molar-refractivity contribution < 1.29 is 8.42 Å². The Bertz CT molecular complexity index is 883. The number of aromatic nitrogens is 2. The molecule has 0 saturated carbocycles.